The van der Waals surface area contributed by atoms with Gasteiger partial charge in [0.25, 0.3) is 5.69 Å². The topological polar surface area (TPSA) is 92.6 Å². The van der Waals surface area contributed by atoms with Crippen LogP contribution in [0.1, 0.15) is 30.0 Å². The van der Waals surface area contributed by atoms with Gasteiger partial charge in [0.15, 0.2) is 0 Å². The van der Waals surface area contributed by atoms with Gasteiger partial charge in [0.05, 0.1) is 10.7 Å². The van der Waals surface area contributed by atoms with Crippen LogP contribution in [0.4, 0.5) is 10.1 Å². The molecule has 3 rings (SSSR count). The van der Waals surface area contributed by atoms with Crippen LogP contribution in [-0.2, 0) is 28.3 Å². The summed E-state index contributed by atoms with van der Waals surface area (Å²) in [6, 6.07) is 21.0. The van der Waals surface area contributed by atoms with Crippen LogP contribution in [0.3, 0.4) is 0 Å². The molecule has 7 nitrogen and oxygen atoms in total. The molecule has 2 amide bonds. The molecule has 0 radical (unpaired) electrons. The average molecular weight is 524 g/mol. The van der Waals surface area contributed by atoms with Gasteiger partial charge < -0.3 is 10.2 Å². The zero-order chi connectivity index (χ0) is 26.6. The van der Waals surface area contributed by atoms with Crippen molar-refractivity contribution in [2.45, 2.75) is 38.1 Å². The maximum absolute atomic E-state index is 14.6. The van der Waals surface area contributed by atoms with Gasteiger partial charge in [0.1, 0.15) is 11.9 Å². The van der Waals surface area contributed by atoms with E-state index >= 15 is 0 Å². The lowest BCUT2D eigenvalue weighted by atomic mass is 10.0. The molecule has 0 fully saturated rings. The third kappa shape index (κ3) is 8.42. The number of non-ortho nitro benzene ring substituents is 1. The van der Waals surface area contributed by atoms with Crippen LogP contribution in [0.5, 0.6) is 0 Å². The molecule has 0 saturated heterocycles. The van der Waals surface area contributed by atoms with E-state index in [0.717, 1.165) is 17.5 Å². The minimum atomic E-state index is -0.818. The Balaban J connectivity index is 1.81. The monoisotopic (exact) mass is 523 g/mol. The molecule has 9 heteroatoms. The molecule has 37 heavy (non-hydrogen) atoms. The number of hydrogen-bond donors (Lipinski definition) is 1. The molecule has 194 valence electrons. The van der Waals surface area contributed by atoms with Crippen molar-refractivity contribution >= 4 is 29.3 Å². The van der Waals surface area contributed by atoms with Gasteiger partial charge in [-0.1, -0.05) is 67.6 Å². The van der Waals surface area contributed by atoms with Gasteiger partial charge in [-0.15, -0.1) is 11.8 Å². The molecule has 1 unspecified atom stereocenters. The highest BCUT2D eigenvalue weighted by atomic mass is 32.2. The molecule has 0 aliphatic heterocycles. The van der Waals surface area contributed by atoms with E-state index in [1.807, 2.05) is 37.3 Å². The van der Waals surface area contributed by atoms with Crippen molar-refractivity contribution in [2.75, 3.05) is 12.3 Å². The number of benzene rings is 3. The van der Waals surface area contributed by atoms with E-state index in [1.165, 1.54) is 34.9 Å². The van der Waals surface area contributed by atoms with E-state index in [-0.39, 0.29) is 29.8 Å². The van der Waals surface area contributed by atoms with E-state index in [0.29, 0.717) is 24.3 Å². The number of nitrogens with one attached hydrogen (secondary N) is 1. The van der Waals surface area contributed by atoms with Crippen molar-refractivity contribution < 1.29 is 18.9 Å². The van der Waals surface area contributed by atoms with Crippen LogP contribution in [-0.4, -0.2) is 40.0 Å². The van der Waals surface area contributed by atoms with Crippen LogP contribution in [0.15, 0.2) is 78.9 Å². The molecular formula is C28H30FN3O4S. The van der Waals surface area contributed by atoms with Gasteiger partial charge in [0.2, 0.25) is 11.8 Å². The van der Waals surface area contributed by atoms with Crippen LogP contribution < -0.4 is 5.32 Å². The molecular weight excluding hydrogens is 493 g/mol. The fourth-order valence-corrected chi connectivity index (χ4v) is 4.65. The van der Waals surface area contributed by atoms with E-state index in [1.54, 1.807) is 30.3 Å². The molecule has 1 atom stereocenters. The summed E-state index contributed by atoms with van der Waals surface area (Å²) in [4.78, 5) is 38.6. The molecule has 0 heterocycles. The molecule has 0 aliphatic rings. The van der Waals surface area contributed by atoms with Crippen LogP contribution in [0, 0.1) is 15.9 Å². The number of rotatable bonds is 13. The highest BCUT2D eigenvalue weighted by Gasteiger charge is 2.30. The summed E-state index contributed by atoms with van der Waals surface area (Å²) in [7, 11) is 0. The smallest absolute Gasteiger partial charge is 0.269 e. The second-order valence-electron chi connectivity index (χ2n) is 8.53. The summed E-state index contributed by atoms with van der Waals surface area (Å²) in [5.74, 6) is -0.481. The van der Waals surface area contributed by atoms with Crippen molar-refractivity contribution in [3.63, 3.8) is 0 Å². The number of nitro benzene ring substituents is 1. The van der Waals surface area contributed by atoms with Gasteiger partial charge in [-0.3, -0.25) is 19.7 Å². The Bertz CT molecular complexity index is 1190. The van der Waals surface area contributed by atoms with E-state index in [2.05, 4.69) is 5.32 Å². The highest BCUT2D eigenvalue weighted by Crippen LogP contribution is 2.21. The largest absolute Gasteiger partial charge is 0.354 e. The van der Waals surface area contributed by atoms with Gasteiger partial charge in [0, 0.05) is 43.0 Å². The molecule has 0 bridgehead atoms. The summed E-state index contributed by atoms with van der Waals surface area (Å²) >= 11 is 1.34. The maximum Gasteiger partial charge on any atom is 0.269 e. The number of carbonyl (C=O) groups is 2. The summed E-state index contributed by atoms with van der Waals surface area (Å²) < 4.78 is 14.6. The Morgan fingerprint density at radius 3 is 2.32 bits per heavy atom. The van der Waals surface area contributed by atoms with Crippen molar-refractivity contribution in [1.82, 2.24) is 10.2 Å². The number of halogens is 1. The fraction of sp³-hybridized carbons (Fsp3) is 0.286. The van der Waals surface area contributed by atoms with Gasteiger partial charge >= 0.3 is 0 Å². The number of thioether (sulfide) groups is 1. The predicted octanol–water partition coefficient (Wildman–Crippen LogP) is 5.13. The molecule has 3 aromatic rings. The first-order valence-electron chi connectivity index (χ1n) is 12.0. The van der Waals surface area contributed by atoms with E-state index < -0.39 is 16.8 Å². The Kier molecular flexibility index (Phi) is 10.6. The molecule has 0 aromatic heterocycles. The lowest BCUT2D eigenvalue weighted by Crippen LogP contribution is -2.51. The first kappa shape index (κ1) is 27.9. The fourth-order valence-electron chi connectivity index (χ4n) is 3.78. The highest BCUT2D eigenvalue weighted by molar-refractivity contribution is 7.99. The van der Waals surface area contributed by atoms with Crippen LogP contribution in [0.25, 0.3) is 0 Å². The van der Waals surface area contributed by atoms with E-state index in [9.17, 15) is 24.1 Å². The van der Waals surface area contributed by atoms with Crippen LogP contribution in [0.2, 0.25) is 0 Å². The number of hydrogen-bond acceptors (Lipinski definition) is 5. The average Bonchev–Trinajstić information content (AvgIpc) is 2.91. The Morgan fingerprint density at radius 1 is 1.00 bits per heavy atom. The number of nitrogens with zero attached hydrogens (tertiary/aromatic N) is 2. The second kappa shape index (κ2) is 14.1. The zero-order valence-corrected chi connectivity index (χ0v) is 21.5. The standard InChI is InChI=1S/C28H30FN3O4S/c1-2-16-30-28(34)26(17-21-8-4-3-5-9-21)31(18-23-10-6-7-11-25(23)29)27(33)20-37-19-22-12-14-24(15-13-22)32(35)36/h3-15,26H,2,16-20H2,1H3,(H,30,34). The summed E-state index contributed by atoms with van der Waals surface area (Å²) in [5.41, 5.74) is 2.06. The number of amides is 2. The minimum absolute atomic E-state index is 0.00253. The van der Waals surface area contributed by atoms with Gasteiger partial charge in [-0.05, 0) is 23.6 Å². The molecule has 0 spiro atoms. The Hall–Kier alpha value is -3.72. The normalized spacial score (nSPS) is 11.5. The second-order valence-corrected chi connectivity index (χ2v) is 9.51. The minimum Gasteiger partial charge on any atom is -0.354 e. The quantitative estimate of drug-likeness (QED) is 0.248. The maximum atomic E-state index is 14.6. The SMILES string of the molecule is CCCNC(=O)C(Cc1ccccc1)N(Cc1ccccc1F)C(=O)CSCc1ccc([N+](=O)[O-])cc1. The Morgan fingerprint density at radius 2 is 1.68 bits per heavy atom. The first-order valence-corrected chi connectivity index (χ1v) is 13.2. The third-order valence-corrected chi connectivity index (χ3v) is 6.75. The van der Waals surface area contributed by atoms with Crippen LogP contribution >= 0.6 is 11.8 Å². The third-order valence-electron chi connectivity index (χ3n) is 5.76. The molecule has 3 aromatic carbocycles. The summed E-state index contributed by atoms with van der Waals surface area (Å²) in [6.07, 6.45) is 1.04. The van der Waals surface area contributed by atoms with E-state index in [4.69, 9.17) is 0 Å². The molecule has 1 N–H and O–H groups in total. The lowest BCUT2D eigenvalue weighted by molar-refractivity contribution is -0.384. The van der Waals surface area contributed by atoms with Crippen molar-refractivity contribution in [2.24, 2.45) is 0 Å². The zero-order valence-electron chi connectivity index (χ0n) is 20.6. The summed E-state index contributed by atoms with van der Waals surface area (Å²) in [6.45, 7) is 2.38. The lowest BCUT2D eigenvalue weighted by Gasteiger charge is -2.31. The predicted molar refractivity (Wildman–Crippen MR) is 143 cm³/mol. The van der Waals surface area contributed by atoms with Gasteiger partial charge in [-0.2, -0.15) is 0 Å². The number of carbonyl (C=O) groups excluding carboxylic acids is 2. The summed E-state index contributed by atoms with van der Waals surface area (Å²) in [5, 5.41) is 13.8. The molecule has 0 saturated carbocycles. The van der Waals surface area contributed by atoms with Crippen molar-refractivity contribution in [1.29, 1.82) is 0 Å². The Labute approximate surface area is 220 Å². The van der Waals surface area contributed by atoms with Crippen molar-refractivity contribution in [3.05, 3.63) is 111 Å². The first-order chi connectivity index (χ1) is 17.9. The van der Waals surface area contributed by atoms with Crippen molar-refractivity contribution in [3.8, 4) is 0 Å². The molecule has 0 aliphatic carbocycles. The number of nitro groups is 1. The van der Waals surface area contributed by atoms with Gasteiger partial charge in [-0.25, -0.2) is 4.39 Å².